The number of carbonyl (C=O) groups excluding carboxylic acids is 2. The van der Waals surface area contributed by atoms with Gasteiger partial charge < -0.3 is 11.1 Å². The predicted molar refractivity (Wildman–Crippen MR) is 131 cm³/mol. The Labute approximate surface area is 216 Å². The number of nitrogens with zero attached hydrogens (tertiary/aromatic N) is 3. The first-order chi connectivity index (χ1) is 17.7. The van der Waals surface area contributed by atoms with Gasteiger partial charge in [-0.1, -0.05) is 41.9 Å². The van der Waals surface area contributed by atoms with Crippen molar-refractivity contribution in [3.05, 3.63) is 63.4 Å². The fourth-order valence-corrected chi connectivity index (χ4v) is 5.55. The van der Waals surface area contributed by atoms with Gasteiger partial charge in [-0.05, 0) is 30.0 Å². The average Bonchev–Trinajstić information content (AvgIpc) is 3.54. The van der Waals surface area contributed by atoms with Crippen LogP contribution in [0.15, 0.2) is 36.4 Å². The normalized spacial score (nSPS) is 13.6. The molecule has 37 heavy (non-hydrogen) atoms. The quantitative estimate of drug-likeness (QED) is 0.251. The maximum absolute atomic E-state index is 13.6. The van der Waals surface area contributed by atoms with Crippen LogP contribution in [0.3, 0.4) is 0 Å². The minimum atomic E-state index is -2.92. The first kappa shape index (κ1) is 25.2. The zero-order chi connectivity index (χ0) is 26.4. The van der Waals surface area contributed by atoms with Crippen LogP contribution < -0.4 is 11.1 Å². The molecule has 3 aromatic heterocycles. The fourth-order valence-electron chi connectivity index (χ4n) is 4.16. The smallest absolute Gasteiger partial charge is 0.283 e. The summed E-state index contributed by atoms with van der Waals surface area (Å²) in [5.74, 6) is -1.66. The molecule has 0 saturated heterocycles. The Morgan fingerprint density at radius 2 is 1.86 bits per heavy atom. The van der Waals surface area contributed by atoms with Crippen molar-refractivity contribution in [3.8, 4) is 11.1 Å². The Hall–Kier alpha value is -3.51. The number of nitrogens with two attached hydrogens (primary N) is 1. The Kier molecular flexibility index (Phi) is 6.63. The van der Waals surface area contributed by atoms with Gasteiger partial charge in [-0.2, -0.15) is 5.10 Å². The molecule has 3 heterocycles. The summed E-state index contributed by atoms with van der Waals surface area (Å²) in [5, 5.41) is 6.56. The van der Waals surface area contributed by atoms with E-state index in [2.05, 4.69) is 15.4 Å². The molecule has 0 atom stereocenters. The Balaban J connectivity index is 1.59. The number of thiophene rings is 1. The average molecular weight is 552 g/mol. The third kappa shape index (κ3) is 4.78. The fraction of sp³-hybridized carbons (Fsp3) is 0.250. The summed E-state index contributed by atoms with van der Waals surface area (Å²) < 4.78 is 55.1. The van der Waals surface area contributed by atoms with Gasteiger partial charge in [0, 0.05) is 11.3 Å². The van der Waals surface area contributed by atoms with Gasteiger partial charge in [-0.15, -0.1) is 11.3 Å². The number of pyridine rings is 1. The van der Waals surface area contributed by atoms with Gasteiger partial charge in [0.1, 0.15) is 27.6 Å². The summed E-state index contributed by atoms with van der Waals surface area (Å²) in [6, 6.07) is 9.76. The minimum Gasteiger partial charge on any atom is -0.365 e. The minimum absolute atomic E-state index is 0.00461. The largest absolute Gasteiger partial charge is 0.365 e. The summed E-state index contributed by atoms with van der Waals surface area (Å²) >= 11 is 6.91. The summed E-state index contributed by atoms with van der Waals surface area (Å²) in [7, 11) is 0. The molecule has 192 valence electrons. The molecule has 0 spiro atoms. The number of rotatable bonds is 8. The third-order valence-electron chi connectivity index (χ3n) is 5.90. The van der Waals surface area contributed by atoms with Crippen molar-refractivity contribution in [2.75, 3.05) is 5.32 Å². The molecule has 5 rings (SSSR count). The lowest BCUT2D eigenvalue weighted by atomic mass is 10.0. The molecule has 3 N–H and O–H groups in total. The standard InChI is InChI=1S/C24H18ClF4N5O2S/c25-16-18(22(28)29)33-34(19(16)11-6-7-11)9-14(35)32-17-15-12(10-4-2-1-3-5-10)8-13(21(26)27)31-24(15)37-20(17)23(30)36/h1-5,8,11,21-22H,6-7,9H2,(H2,30,36)(H,32,35). The van der Waals surface area contributed by atoms with Gasteiger partial charge in [0.05, 0.1) is 16.4 Å². The first-order valence-electron chi connectivity index (χ1n) is 11.1. The van der Waals surface area contributed by atoms with Crippen LogP contribution in [0.1, 0.15) is 58.4 Å². The van der Waals surface area contributed by atoms with Crippen molar-refractivity contribution < 1.29 is 27.2 Å². The second-order valence-corrected chi connectivity index (χ2v) is 9.85. The van der Waals surface area contributed by atoms with Crippen molar-refractivity contribution in [2.24, 2.45) is 5.73 Å². The molecular formula is C24H18ClF4N5O2S. The number of amides is 2. The highest BCUT2D eigenvalue weighted by Gasteiger charge is 2.34. The molecule has 0 unspecified atom stereocenters. The number of benzene rings is 1. The van der Waals surface area contributed by atoms with E-state index < -0.39 is 42.6 Å². The molecule has 0 radical (unpaired) electrons. The number of primary amides is 1. The molecule has 0 bridgehead atoms. The molecular weight excluding hydrogens is 534 g/mol. The van der Waals surface area contributed by atoms with Gasteiger partial charge in [0.15, 0.2) is 0 Å². The summed E-state index contributed by atoms with van der Waals surface area (Å²) in [4.78, 5) is 29.4. The van der Waals surface area contributed by atoms with Crippen LogP contribution in [0.4, 0.5) is 23.2 Å². The van der Waals surface area contributed by atoms with Crippen molar-refractivity contribution in [1.29, 1.82) is 0 Å². The van der Waals surface area contributed by atoms with Gasteiger partial charge in [0.2, 0.25) is 5.91 Å². The molecule has 7 nitrogen and oxygen atoms in total. The van der Waals surface area contributed by atoms with E-state index >= 15 is 0 Å². The second-order valence-electron chi connectivity index (χ2n) is 8.48. The zero-order valence-corrected chi connectivity index (χ0v) is 20.4. The number of halogens is 5. The van der Waals surface area contributed by atoms with Crippen LogP contribution in [0.25, 0.3) is 21.3 Å². The molecule has 1 aromatic carbocycles. The highest BCUT2D eigenvalue weighted by atomic mass is 35.5. The number of carbonyl (C=O) groups is 2. The van der Waals surface area contributed by atoms with Crippen LogP contribution in [-0.4, -0.2) is 26.6 Å². The number of nitrogens with one attached hydrogen (secondary N) is 1. The molecule has 1 fully saturated rings. The molecule has 2 amide bonds. The lowest BCUT2D eigenvalue weighted by Gasteiger charge is -2.12. The van der Waals surface area contributed by atoms with Crippen molar-refractivity contribution in [1.82, 2.24) is 14.8 Å². The molecule has 4 aromatic rings. The molecule has 1 aliphatic rings. The topological polar surface area (TPSA) is 103 Å². The third-order valence-corrected chi connectivity index (χ3v) is 7.38. The van der Waals surface area contributed by atoms with E-state index in [0.29, 0.717) is 16.8 Å². The number of anilines is 1. The van der Waals surface area contributed by atoms with Crippen molar-refractivity contribution in [2.45, 2.75) is 38.2 Å². The van der Waals surface area contributed by atoms with Crippen LogP contribution in [0, 0.1) is 0 Å². The molecule has 0 aliphatic heterocycles. The van der Waals surface area contributed by atoms with E-state index in [9.17, 15) is 27.2 Å². The summed E-state index contributed by atoms with van der Waals surface area (Å²) in [5.41, 5.74) is 5.67. The number of hydrogen-bond acceptors (Lipinski definition) is 5. The van der Waals surface area contributed by atoms with Crippen LogP contribution in [-0.2, 0) is 11.3 Å². The number of hydrogen-bond donors (Lipinski definition) is 2. The Morgan fingerprint density at radius 3 is 2.46 bits per heavy atom. The van der Waals surface area contributed by atoms with Gasteiger partial charge in [-0.3, -0.25) is 14.3 Å². The van der Waals surface area contributed by atoms with E-state index in [1.54, 1.807) is 30.3 Å². The van der Waals surface area contributed by atoms with E-state index in [4.69, 9.17) is 17.3 Å². The zero-order valence-electron chi connectivity index (χ0n) is 18.9. The highest BCUT2D eigenvalue weighted by molar-refractivity contribution is 7.21. The number of fused-ring (bicyclic) bond motifs is 1. The van der Waals surface area contributed by atoms with Gasteiger partial charge in [0.25, 0.3) is 18.8 Å². The van der Waals surface area contributed by atoms with Crippen LogP contribution in [0.2, 0.25) is 5.02 Å². The Morgan fingerprint density at radius 1 is 1.16 bits per heavy atom. The predicted octanol–water partition coefficient (Wildman–Crippen LogP) is 6.30. The van der Waals surface area contributed by atoms with Gasteiger partial charge >= 0.3 is 0 Å². The number of alkyl halides is 4. The van der Waals surface area contributed by atoms with Crippen molar-refractivity contribution in [3.63, 3.8) is 0 Å². The van der Waals surface area contributed by atoms with Crippen LogP contribution >= 0.6 is 22.9 Å². The summed E-state index contributed by atoms with van der Waals surface area (Å²) in [6.45, 7) is -0.461. The highest BCUT2D eigenvalue weighted by Crippen LogP contribution is 2.46. The van der Waals surface area contributed by atoms with E-state index in [1.165, 1.54) is 6.07 Å². The maximum Gasteiger partial charge on any atom is 0.283 e. The van der Waals surface area contributed by atoms with Crippen molar-refractivity contribution >= 4 is 50.7 Å². The van der Waals surface area contributed by atoms with E-state index in [1.807, 2.05) is 0 Å². The SMILES string of the molecule is NC(=O)c1sc2nc(C(F)F)cc(-c3ccccc3)c2c1NC(=O)Cn1nc(C(F)F)c(Cl)c1C1CC1. The molecule has 13 heteroatoms. The lowest BCUT2D eigenvalue weighted by Crippen LogP contribution is -2.22. The monoisotopic (exact) mass is 551 g/mol. The molecule has 1 aliphatic carbocycles. The first-order valence-corrected chi connectivity index (χ1v) is 12.3. The van der Waals surface area contributed by atoms with E-state index in [0.717, 1.165) is 28.9 Å². The second kappa shape index (κ2) is 9.75. The number of aromatic nitrogens is 3. The van der Waals surface area contributed by atoms with Gasteiger partial charge in [-0.25, -0.2) is 22.5 Å². The van der Waals surface area contributed by atoms with E-state index in [-0.39, 0.29) is 31.7 Å². The lowest BCUT2D eigenvalue weighted by molar-refractivity contribution is -0.117. The van der Waals surface area contributed by atoms with Crippen LogP contribution in [0.5, 0.6) is 0 Å². The summed E-state index contributed by atoms with van der Waals surface area (Å²) in [6.07, 6.45) is -4.33. The maximum atomic E-state index is 13.6. The Bertz CT molecular complexity index is 1520. The molecule has 1 saturated carbocycles.